The molecule has 0 aromatic heterocycles. The van der Waals surface area contributed by atoms with Crippen LogP contribution in [0.25, 0.3) is 0 Å². The molecule has 0 spiro atoms. The van der Waals surface area contributed by atoms with Crippen molar-refractivity contribution >= 4 is 43.2 Å². The Bertz CT molecular complexity index is 1710. The topological polar surface area (TPSA) is 190 Å². The summed E-state index contributed by atoms with van der Waals surface area (Å²) in [6.07, 6.45) is -0.558. The van der Waals surface area contributed by atoms with Gasteiger partial charge >= 0.3 is 5.97 Å². The monoisotopic (exact) mass is 686 g/mol. The lowest BCUT2D eigenvalue weighted by Crippen LogP contribution is -2.47. The normalized spacial score (nSPS) is 12.3. The highest BCUT2D eigenvalue weighted by molar-refractivity contribution is 7.92. The number of amides is 2. The first kappa shape index (κ1) is 37.1. The molecule has 0 saturated heterocycles. The number of carboxylic acids is 1. The highest BCUT2D eigenvalue weighted by Gasteiger charge is 2.33. The number of Topliss-reactive ketones (excluding diaryl/α,β-unsaturated/α-hetero) is 1. The number of ketones is 1. The van der Waals surface area contributed by atoms with Crippen LogP contribution in [0.1, 0.15) is 44.7 Å². The molecular weight excluding hydrogens is 649 g/mol. The van der Waals surface area contributed by atoms with E-state index in [1.54, 1.807) is 38.1 Å². The summed E-state index contributed by atoms with van der Waals surface area (Å²) in [7, 11) is -6.74. The zero-order valence-corrected chi connectivity index (χ0v) is 27.9. The van der Waals surface area contributed by atoms with Gasteiger partial charge < -0.3 is 20.5 Å². The summed E-state index contributed by atoms with van der Waals surface area (Å²) >= 11 is 0. The van der Waals surface area contributed by atoms with Gasteiger partial charge in [-0.1, -0.05) is 47.5 Å². The van der Waals surface area contributed by atoms with Crippen LogP contribution in [-0.4, -0.2) is 83.3 Å². The van der Waals surface area contributed by atoms with E-state index in [-0.39, 0.29) is 46.9 Å². The van der Waals surface area contributed by atoms with Gasteiger partial charge in [0.05, 0.1) is 33.8 Å². The molecule has 3 aromatic carbocycles. The lowest BCUT2D eigenvalue weighted by molar-refractivity contribution is -0.137. The quantitative estimate of drug-likeness (QED) is 0.141. The van der Waals surface area contributed by atoms with Crippen LogP contribution < -0.4 is 10.6 Å². The molecule has 1 atom stereocenters. The van der Waals surface area contributed by atoms with Gasteiger partial charge in [0, 0.05) is 31.2 Å². The van der Waals surface area contributed by atoms with Crippen LogP contribution in [0.4, 0.5) is 0 Å². The summed E-state index contributed by atoms with van der Waals surface area (Å²) in [5.74, 6) is -6.25. The average Bonchev–Trinajstić information content (AvgIpc) is 3.02. The Labute approximate surface area is 274 Å². The zero-order chi connectivity index (χ0) is 34.8. The van der Waals surface area contributed by atoms with Crippen LogP contribution in [0.3, 0.4) is 0 Å². The molecule has 0 fully saturated rings. The first-order valence-electron chi connectivity index (χ1n) is 14.7. The Morgan fingerprint density at radius 2 is 1.21 bits per heavy atom. The molecule has 252 valence electrons. The molecule has 3 N–H and O–H groups in total. The number of hydrogen-bond acceptors (Lipinski definition) is 9. The van der Waals surface area contributed by atoms with Crippen LogP contribution in [-0.2, 0) is 34.0 Å². The molecule has 3 rings (SSSR count). The summed E-state index contributed by atoms with van der Waals surface area (Å²) in [4.78, 5) is 50.3. The Balaban J connectivity index is 1.87. The van der Waals surface area contributed by atoms with E-state index in [9.17, 15) is 36.0 Å². The standard InChI is InChI=1S/C33H38N2O10S2/c1-22-4-12-27(13-5-22)46(41,42)20-26(21-47(43,44)28-14-6-23(2)7-15-28)31(38)24-8-10-25(11-9-24)32(39)35-29(16-17-30(36)37)33(40)34-18-19-45-3/h4-15,26,29H,16-21H2,1-3H3,(H,34,40)(H,35,39)(H,36,37)/t29-/m1/s1. The van der Waals surface area contributed by atoms with E-state index in [2.05, 4.69) is 10.6 Å². The summed E-state index contributed by atoms with van der Waals surface area (Å²) in [5.41, 5.74) is 1.65. The van der Waals surface area contributed by atoms with E-state index in [0.717, 1.165) is 11.1 Å². The van der Waals surface area contributed by atoms with Crippen LogP contribution in [0, 0.1) is 19.8 Å². The fourth-order valence-corrected chi connectivity index (χ4v) is 7.85. The third-order valence-electron chi connectivity index (χ3n) is 7.28. The number of aliphatic carboxylic acids is 1. The van der Waals surface area contributed by atoms with Crippen molar-refractivity contribution in [3.05, 3.63) is 95.1 Å². The average molecular weight is 687 g/mol. The van der Waals surface area contributed by atoms with Crippen molar-refractivity contribution in [2.45, 2.75) is 42.5 Å². The molecule has 0 aliphatic heterocycles. The van der Waals surface area contributed by atoms with Gasteiger partial charge in [-0.15, -0.1) is 0 Å². The number of ether oxygens (including phenoxy) is 1. The van der Waals surface area contributed by atoms with Crippen molar-refractivity contribution in [3.63, 3.8) is 0 Å². The van der Waals surface area contributed by atoms with Crippen LogP contribution in [0.5, 0.6) is 0 Å². The smallest absolute Gasteiger partial charge is 0.303 e. The predicted octanol–water partition coefficient (Wildman–Crippen LogP) is 2.78. The summed E-state index contributed by atoms with van der Waals surface area (Å²) in [5, 5.41) is 14.1. The molecule has 0 saturated carbocycles. The maximum absolute atomic E-state index is 13.7. The van der Waals surface area contributed by atoms with Gasteiger partial charge in [0.15, 0.2) is 25.5 Å². The highest BCUT2D eigenvalue weighted by Crippen LogP contribution is 2.23. The van der Waals surface area contributed by atoms with Gasteiger partial charge in [-0.05, 0) is 56.7 Å². The number of carbonyl (C=O) groups excluding carboxylic acids is 3. The minimum absolute atomic E-state index is 0.0236. The van der Waals surface area contributed by atoms with Crippen LogP contribution in [0.2, 0.25) is 0 Å². The number of nitrogens with one attached hydrogen (secondary N) is 2. The van der Waals surface area contributed by atoms with Crippen LogP contribution >= 0.6 is 0 Å². The summed E-state index contributed by atoms with van der Waals surface area (Å²) in [6.45, 7) is 3.93. The van der Waals surface area contributed by atoms with E-state index < -0.39 is 66.7 Å². The van der Waals surface area contributed by atoms with Gasteiger partial charge in [0.25, 0.3) is 5.91 Å². The maximum Gasteiger partial charge on any atom is 0.303 e. The Kier molecular flexibility index (Phi) is 13.0. The molecule has 0 unspecified atom stereocenters. The number of rotatable bonds is 17. The second-order valence-corrected chi connectivity index (χ2v) is 15.1. The largest absolute Gasteiger partial charge is 0.481 e. The maximum atomic E-state index is 13.7. The van der Waals surface area contributed by atoms with E-state index >= 15 is 0 Å². The molecular formula is C33H38N2O10S2. The molecule has 14 heteroatoms. The number of carboxylic acid groups (broad SMARTS) is 1. The number of carbonyl (C=O) groups is 4. The molecule has 3 aromatic rings. The van der Waals surface area contributed by atoms with E-state index in [0.29, 0.717) is 0 Å². The number of aryl methyl sites for hydroxylation is 2. The van der Waals surface area contributed by atoms with Gasteiger partial charge in [-0.3, -0.25) is 19.2 Å². The number of methoxy groups -OCH3 is 1. The lowest BCUT2D eigenvalue weighted by atomic mass is 9.99. The zero-order valence-electron chi connectivity index (χ0n) is 26.3. The van der Waals surface area contributed by atoms with E-state index in [4.69, 9.17) is 9.84 Å². The highest BCUT2D eigenvalue weighted by atomic mass is 32.2. The van der Waals surface area contributed by atoms with Gasteiger partial charge in [0.2, 0.25) is 5.91 Å². The Morgan fingerprint density at radius 1 is 0.745 bits per heavy atom. The first-order chi connectivity index (χ1) is 22.1. The third kappa shape index (κ3) is 10.8. The van der Waals surface area contributed by atoms with E-state index in [1.165, 1.54) is 55.6 Å². The number of hydrogen-bond donors (Lipinski definition) is 3. The van der Waals surface area contributed by atoms with Crippen molar-refractivity contribution in [2.75, 3.05) is 31.8 Å². The fourth-order valence-electron chi connectivity index (χ4n) is 4.61. The summed E-state index contributed by atoms with van der Waals surface area (Å²) in [6, 6.07) is 15.9. The molecule has 0 radical (unpaired) electrons. The van der Waals surface area contributed by atoms with Gasteiger partial charge in [0.1, 0.15) is 6.04 Å². The van der Waals surface area contributed by atoms with Gasteiger partial charge in [-0.2, -0.15) is 0 Å². The molecule has 0 aliphatic carbocycles. The lowest BCUT2D eigenvalue weighted by Gasteiger charge is -2.19. The predicted molar refractivity (Wildman–Crippen MR) is 174 cm³/mol. The van der Waals surface area contributed by atoms with Crippen LogP contribution in [0.15, 0.2) is 82.6 Å². The minimum atomic E-state index is -4.09. The first-order valence-corrected chi connectivity index (χ1v) is 18.0. The molecule has 2 amide bonds. The number of benzene rings is 3. The van der Waals surface area contributed by atoms with Gasteiger partial charge in [-0.25, -0.2) is 16.8 Å². The second-order valence-electron chi connectivity index (χ2n) is 11.1. The van der Waals surface area contributed by atoms with Crippen molar-refractivity contribution in [1.29, 1.82) is 0 Å². The third-order valence-corrected chi connectivity index (χ3v) is 10.9. The SMILES string of the molecule is COCCNC(=O)[C@@H](CCC(=O)O)NC(=O)c1ccc(C(=O)C(CS(=O)(=O)c2ccc(C)cc2)CS(=O)(=O)c2ccc(C)cc2)cc1. The van der Waals surface area contributed by atoms with Crippen molar-refractivity contribution in [2.24, 2.45) is 5.92 Å². The van der Waals surface area contributed by atoms with Crippen molar-refractivity contribution in [1.82, 2.24) is 10.6 Å². The minimum Gasteiger partial charge on any atom is -0.481 e. The molecule has 0 bridgehead atoms. The summed E-state index contributed by atoms with van der Waals surface area (Å²) < 4.78 is 58.3. The second kappa shape index (κ2) is 16.4. The Morgan fingerprint density at radius 3 is 1.66 bits per heavy atom. The molecule has 12 nitrogen and oxygen atoms in total. The number of sulfone groups is 2. The van der Waals surface area contributed by atoms with E-state index in [1.807, 2.05) is 0 Å². The van der Waals surface area contributed by atoms with Crippen molar-refractivity contribution < 1.29 is 45.9 Å². The fraction of sp³-hybridized carbons (Fsp3) is 0.333. The molecule has 47 heavy (non-hydrogen) atoms. The molecule has 0 aliphatic rings. The Hall–Kier alpha value is -4.40. The van der Waals surface area contributed by atoms with Crippen molar-refractivity contribution in [3.8, 4) is 0 Å². The molecule has 0 heterocycles.